The van der Waals surface area contributed by atoms with E-state index in [-0.39, 0.29) is 0 Å². The summed E-state index contributed by atoms with van der Waals surface area (Å²) in [5.41, 5.74) is 0. The third kappa shape index (κ3) is 14.7. The van der Waals surface area contributed by atoms with Gasteiger partial charge in [-0.2, -0.15) is 0 Å². The Labute approximate surface area is 156 Å². The summed E-state index contributed by atoms with van der Waals surface area (Å²) in [5.74, 6) is 0. The fourth-order valence-corrected chi connectivity index (χ4v) is 3.36. The van der Waals surface area contributed by atoms with Crippen molar-refractivity contribution < 1.29 is 19.3 Å². The highest BCUT2D eigenvalue weighted by Crippen LogP contribution is 2.18. The third-order valence-electron chi connectivity index (χ3n) is 5.26. The summed E-state index contributed by atoms with van der Waals surface area (Å²) >= 11 is 0. The van der Waals surface area contributed by atoms with Crippen molar-refractivity contribution >= 4 is 0 Å². The number of aliphatic hydroxyl groups is 1. The van der Waals surface area contributed by atoms with E-state index in [4.69, 9.17) is 19.3 Å². The van der Waals surface area contributed by atoms with E-state index in [9.17, 15) is 0 Å². The molecule has 3 unspecified atom stereocenters. The number of methoxy groups -OCH3 is 3. The summed E-state index contributed by atoms with van der Waals surface area (Å²) in [4.78, 5) is 0. The monoisotopic (exact) mass is 360 g/mol. The molecule has 0 fully saturated rings. The van der Waals surface area contributed by atoms with Crippen molar-refractivity contribution in [3.63, 3.8) is 0 Å². The standard InChI is InChI=1S/C21H44O4/c1-5-19(23-2)14-15-21(25-4)17-16-20(24-3)13-11-9-7-6-8-10-12-18-22/h19-22H,5-18H2,1-4H3. The van der Waals surface area contributed by atoms with E-state index in [2.05, 4.69) is 6.92 Å². The van der Waals surface area contributed by atoms with Crippen LogP contribution in [0, 0.1) is 0 Å². The second-order valence-electron chi connectivity index (χ2n) is 7.12. The second kappa shape index (κ2) is 18.6. The molecule has 3 atom stereocenters. The van der Waals surface area contributed by atoms with Crippen molar-refractivity contribution in [3.05, 3.63) is 0 Å². The predicted molar refractivity (Wildman–Crippen MR) is 105 cm³/mol. The molecule has 0 aliphatic heterocycles. The lowest BCUT2D eigenvalue weighted by Crippen LogP contribution is -2.19. The van der Waals surface area contributed by atoms with Gasteiger partial charge in [-0.25, -0.2) is 0 Å². The van der Waals surface area contributed by atoms with Crippen molar-refractivity contribution in [2.24, 2.45) is 0 Å². The van der Waals surface area contributed by atoms with Crippen LogP contribution < -0.4 is 0 Å². The van der Waals surface area contributed by atoms with E-state index in [1.54, 1.807) is 7.11 Å². The third-order valence-corrected chi connectivity index (χ3v) is 5.26. The van der Waals surface area contributed by atoms with Crippen LogP contribution in [0.5, 0.6) is 0 Å². The lowest BCUT2D eigenvalue weighted by atomic mass is 9.99. The summed E-state index contributed by atoms with van der Waals surface area (Å²) in [6, 6.07) is 0. The molecule has 1 N–H and O–H groups in total. The number of aliphatic hydroxyl groups excluding tert-OH is 1. The molecule has 4 heteroatoms. The van der Waals surface area contributed by atoms with Crippen molar-refractivity contribution in [2.75, 3.05) is 27.9 Å². The average molecular weight is 361 g/mol. The van der Waals surface area contributed by atoms with Gasteiger partial charge in [-0.05, 0) is 44.9 Å². The van der Waals surface area contributed by atoms with Crippen molar-refractivity contribution in [3.8, 4) is 0 Å². The summed E-state index contributed by atoms with van der Waals surface area (Å²) in [6.45, 7) is 2.51. The lowest BCUT2D eigenvalue weighted by Gasteiger charge is -2.21. The summed E-state index contributed by atoms with van der Waals surface area (Å²) in [5, 5.41) is 8.76. The second-order valence-corrected chi connectivity index (χ2v) is 7.12. The van der Waals surface area contributed by atoms with E-state index < -0.39 is 0 Å². The first kappa shape index (κ1) is 24.8. The topological polar surface area (TPSA) is 47.9 Å². The van der Waals surface area contributed by atoms with E-state index in [0.717, 1.165) is 51.4 Å². The molecule has 0 aromatic rings. The minimum atomic E-state index is 0.313. The Morgan fingerprint density at radius 3 is 1.40 bits per heavy atom. The van der Waals surface area contributed by atoms with E-state index in [1.807, 2.05) is 14.2 Å². The number of hydrogen-bond donors (Lipinski definition) is 1. The molecule has 0 heterocycles. The average Bonchev–Trinajstić information content (AvgIpc) is 2.65. The van der Waals surface area contributed by atoms with Gasteiger partial charge in [-0.15, -0.1) is 0 Å². The molecule has 25 heavy (non-hydrogen) atoms. The van der Waals surface area contributed by atoms with Crippen LogP contribution in [0.3, 0.4) is 0 Å². The zero-order valence-electron chi connectivity index (χ0n) is 17.3. The van der Waals surface area contributed by atoms with Gasteiger partial charge in [0.15, 0.2) is 0 Å². The Morgan fingerprint density at radius 2 is 0.960 bits per heavy atom. The van der Waals surface area contributed by atoms with Crippen LogP contribution in [0.25, 0.3) is 0 Å². The molecule has 152 valence electrons. The SMILES string of the molecule is CCC(CCC(CCC(CCCCCCCCCO)OC)OC)OC. The molecule has 0 saturated heterocycles. The van der Waals surface area contributed by atoms with Crippen LogP contribution >= 0.6 is 0 Å². The van der Waals surface area contributed by atoms with Crippen LogP contribution in [-0.4, -0.2) is 51.4 Å². The molecule has 0 aromatic heterocycles. The lowest BCUT2D eigenvalue weighted by molar-refractivity contribution is 0.0301. The molecule has 0 amide bonds. The normalized spacial score (nSPS) is 15.2. The molecule has 0 saturated carbocycles. The van der Waals surface area contributed by atoms with Crippen LogP contribution in [0.1, 0.15) is 90.4 Å². The Bertz CT molecular complexity index is 256. The van der Waals surface area contributed by atoms with Crippen LogP contribution in [0.4, 0.5) is 0 Å². The maximum atomic E-state index is 8.76. The minimum absolute atomic E-state index is 0.313. The molecule has 0 radical (unpaired) electrons. The first-order chi connectivity index (χ1) is 12.2. The van der Waals surface area contributed by atoms with Gasteiger partial charge in [0.25, 0.3) is 0 Å². The zero-order chi connectivity index (χ0) is 18.8. The van der Waals surface area contributed by atoms with Gasteiger partial charge >= 0.3 is 0 Å². The van der Waals surface area contributed by atoms with Crippen LogP contribution in [0.2, 0.25) is 0 Å². The number of rotatable bonds is 19. The zero-order valence-corrected chi connectivity index (χ0v) is 17.3. The van der Waals surface area contributed by atoms with Gasteiger partial charge in [0.05, 0.1) is 18.3 Å². The van der Waals surface area contributed by atoms with Gasteiger partial charge in [-0.1, -0.05) is 45.4 Å². The maximum Gasteiger partial charge on any atom is 0.0573 e. The fourth-order valence-electron chi connectivity index (χ4n) is 3.36. The molecule has 4 nitrogen and oxygen atoms in total. The summed E-state index contributed by atoms with van der Waals surface area (Å²) < 4.78 is 16.8. The molecule has 0 spiro atoms. The number of hydrogen-bond acceptors (Lipinski definition) is 4. The highest BCUT2D eigenvalue weighted by atomic mass is 16.5. The van der Waals surface area contributed by atoms with E-state index in [1.165, 1.54) is 32.1 Å². The van der Waals surface area contributed by atoms with Crippen molar-refractivity contribution in [2.45, 2.75) is 109 Å². The maximum absolute atomic E-state index is 8.76. The molecule has 0 bridgehead atoms. The Kier molecular flexibility index (Phi) is 18.5. The predicted octanol–water partition coefficient (Wildman–Crippen LogP) is 5.11. The van der Waals surface area contributed by atoms with Crippen molar-refractivity contribution in [1.29, 1.82) is 0 Å². The van der Waals surface area contributed by atoms with Gasteiger partial charge in [0.2, 0.25) is 0 Å². The first-order valence-corrected chi connectivity index (χ1v) is 10.4. The minimum Gasteiger partial charge on any atom is -0.396 e. The van der Waals surface area contributed by atoms with Gasteiger partial charge in [0, 0.05) is 27.9 Å². The largest absolute Gasteiger partial charge is 0.396 e. The molecule has 0 aliphatic rings. The first-order valence-electron chi connectivity index (χ1n) is 10.4. The molecular weight excluding hydrogens is 316 g/mol. The molecule has 0 aliphatic carbocycles. The molecule has 0 aromatic carbocycles. The quantitative estimate of drug-likeness (QED) is 0.325. The number of unbranched alkanes of at least 4 members (excludes halogenated alkanes) is 6. The molecule has 0 rings (SSSR count). The Balaban J connectivity index is 3.76. The fraction of sp³-hybridized carbons (Fsp3) is 1.00. The highest BCUT2D eigenvalue weighted by Gasteiger charge is 2.15. The highest BCUT2D eigenvalue weighted by molar-refractivity contribution is 4.67. The van der Waals surface area contributed by atoms with Gasteiger partial charge < -0.3 is 19.3 Å². The van der Waals surface area contributed by atoms with Crippen LogP contribution in [0.15, 0.2) is 0 Å². The molecular formula is C21H44O4. The van der Waals surface area contributed by atoms with Gasteiger partial charge in [0.1, 0.15) is 0 Å². The van der Waals surface area contributed by atoms with E-state index >= 15 is 0 Å². The smallest absolute Gasteiger partial charge is 0.0573 e. The Hall–Kier alpha value is -0.160. The summed E-state index contributed by atoms with van der Waals surface area (Å²) in [7, 11) is 5.44. The number of ether oxygens (including phenoxy) is 3. The van der Waals surface area contributed by atoms with E-state index in [0.29, 0.717) is 24.9 Å². The van der Waals surface area contributed by atoms with Gasteiger partial charge in [-0.3, -0.25) is 0 Å². The Morgan fingerprint density at radius 1 is 0.560 bits per heavy atom. The van der Waals surface area contributed by atoms with Crippen molar-refractivity contribution in [1.82, 2.24) is 0 Å². The van der Waals surface area contributed by atoms with Crippen LogP contribution in [-0.2, 0) is 14.2 Å². The summed E-state index contributed by atoms with van der Waals surface area (Å²) in [6.07, 6.45) is 16.0.